The Morgan fingerprint density at radius 1 is 1.25 bits per heavy atom. The molecule has 2 N–H and O–H groups in total. The van der Waals surface area contributed by atoms with E-state index in [4.69, 9.17) is 0 Å². The van der Waals surface area contributed by atoms with Gasteiger partial charge in [0.05, 0.1) is 17.4 Å². The Morgan fingerprint density at radius 3 is 2.80 bits per heavy atom. The molecule has 20 heavy (non-hydrogen) atoms. The predicted molar refractivity (Wildman–Crippen MR) is 79.0 cm³/mol. The van der Waals surface area contributed by atoms with Gasteiger partial charge in [-0.1, -0.05) is 6.92 Å². The van der Waals surface area contributed by atoms with Crippen LogP contribution in [-0.2, 0) is 6.42 Å². The summed E-state index contributed by atoms with van der Waals surface area (Å²) < 4.78 is 0. The Kier molecular flexibility index (Phi) is 5.43. The van der Waals surface area contributed by atoms with E-state index < -0.39 is 0 Å². The van der Waals surface area contributed by atoms with E-state index in [1.54, 1.807) is 23.7 Å². The Bertz CT molecular complexity index is 526. The van der Waals surface area contributed by atoms with Crippen molar-refractivity contribution in [3.05, 3.63) is 34.7 Å². The van der Waals surface area contributed by atoms with E-state index in [-0.39, 0.29) is 5.91 Å². The van der Waals surface area contributed by atoms with Crippen molar-refractivity contribution < 1.29 is 4.79 Å². The van der Waals surface area contributed by atoms with Crippen LogP contribution < -0.4 is 10.6 Å². The fraction of sp³-hybridized carbons (Fsp3) is 0.385. The molecule has 0 aliphatic rings. The molecule has 7 heteroatoms. The third-order valence-corrected chi connectivity index (χ3v) is 3.39. The Balaban J connectivity index is 1.79. The van der Waals surface area contributed by atoms with Gasteiger partial charge in [0.25, 0.3) is 5.91 Å². The summed E-state index contributed by atoms with van der Waals surface area (Å²) in [7, 11) is 0. The normalized spacial score (nSPS) is 10.2. The predicted octanol–water partition coefficient (Wildman–Crippen LogP) is 1.73. The molecule has 0 atom stereocenters. The third-order valence-electron chi connectivity index (χ3n) is 2.55. The molecule has 0 aliphatic carbocycles. The zero-order valence-corrected chi connectivity index (χ0v) is 12.1. The largest absolute Gasteiger partial charge is 0.369 e. The van der Waals surface area contributed by atoms with Crippen molar-refractivity contribution in [3.8, 4) is 0 Å². The highest BCUT2D eigenvalue weighted by Gasteiger charge is 2.07. The number of nitrogens with zero attached hydrogens (tertiary/aromatic N) is 3. The highest BCUT2D eigenvalue weighted by Crippen LogP contribution is 2.04. The molecule has 0 fully saturated rings. The zero-order chi connectivity index (χ0) is 14.2. The number of nitrogens with one attached hydrogen (secondary N) is 2. The van der Waals surface area contributed by atoms with Crippen molar-refractivity contribution in [1.82, 2.24) is 20.3 Å². The van der Waals surface area contributed by atoms with Crippen LogP contribution in [0.5, 0.6) is 0 Å². The Hall–Kier alpha value is -2.02. The van der Waals surface area contributed by atoms with Crippen molar-refractivity contribution in [1.29, 1.82) is 0 Å². The molecular formula is C13H17N5OS. The van der Waals surface area contributed by atoms with E-state index in [1.807, 2.05) is 5.38 Å². The minimum absolute atomic E-state index is 0.212. The summed E-state index contributed by atoms with van der Waals surface area (Å²) in [6, 6.07) is 0. The van der Waals surface area contributed by atoms with Gasteiger partial charge in [-0.15, -0.1) is 11.3 Å². The number of hydrogen-bond acceptors (Lipinski definition) is 6. The number of carbonyl (C=O) groups is 1. The fourth-order valence-electron chi connectivity index (χ4n) is 1.54. The minimum atomic E-state index is -0.212. The first-order valence-electron chi connectivity index (χ1n) is 6.52. The van der Waals surface area contributed by atoms with Gasteiger partial charge >= 0.3 is 0 Å². The smallest absolute Gasteiger partial charge is 0.271 e. The van der Waals surface area contributed by atoms with Crippen LogP contribution in [0.25, 0.3) is 0 Å². The topological polar surface area (TPSA) is 79.8 Å². The summed E-state index contributed by atoms with van der Waals surface area (Å²) >= 11 is 1.58. The molecule has 0 spiro atoms. The van der Waals surface area contributed by atoms with Crippen molar-refractivity contribution in [2.75, 3.05) is 18.4 Å². The van der Waals surface area contributed by atoms with E-state index in [0.29, 0.717) is 18.1 Å². The number of aromatic nitrogens is 3. The highest BCUT2D eigenvalue weighted by molar-refractivity contribution is 7.09. The van der Waals surface area contributed by atoms with Crippen LogP contribution in [-0.4, -0.2) is 33.9 Å². The molecule has 0 aromatic carbocycles. The SMILES string of the molecule is CCCNc1cnc(C(=O)NCCc2nccs2)cn1. The summed E-state index contributed by atoms with van der Waals surface area (Å²) in [5, 5.41) is 8.85. The van der Waals surface area contributed by atoms with Gasteiger partial charge in [0.1, 0.15) is 11.5 Å². The number of carbonyl (C=O) groups excluding carboxylic acids is 1. The van der Waals surface area contributed by atoms with E-state index >= 15 is 0 Å². The standard InChI is InChI=1S/C13H17N5OS/c1-2-4-14-11-9-17-10(8-18-11)13(19)16-5-3-12-15-6-7-20-12/h6-9H,2-5H2,1H3,(H,14,18)(H,16,19). The van der Waals surface area contributed by atoms with Crippen molar-refractivity contribution in [3.63, 3.8) is 0 Å². The zero-order valence-electron chi connectivity index (χ0n) is 11.3. The van der Waals surface area contributed by atoms with E-state index in [2.05, 4.69) is 32.5 Å². The lowest BCUT2D eigenvalue weighted by molar-refractivity contribution is 0.0949. The summed E-state index contributed by atoms with van der Waals surface area (Å²) in [4.78, 5) is 24.3. The van der Waals surface area contributed by atoms with E-state index in [9.17, 15) is 4.79 Å². The summed E-state index contributed by atoms with van der Waals surface area (Å²) in [6.07, 6.45) is 6.56. The van der Waals surface area contributed by atoms with E-state index in [0.717, 1.165) is 24.4 Å². The molecule has 0 unspecified atom stereocenters. The maximum atomic E-state index is 11.8. The second-order valence-corrected chi connectivity index (χ2v) is 5.12. The van der Waals surface area contributed by atoms with Crippen molar-refractivity contribution in [2.45, 2.75) is 19.8 Å². The molecule has 0 bridgehead atoms. The van der Waals surface area contributed by atoms with Gasteiger partial charge in [0.2, 0.25) is 0 Å². The maximum Gasteiger partial charge on any atom is 0.271 e. The molecule has 2 aromatic rings. The molecule has 106 valence electrons. The van der Waals surface area contributed by atoms with Crippen LogP contribution in [0.2, 0.25) is 0 Å². The first-order valence-corrected chi connectivity index (χ1v) is 7.40. The van der Waals surface area contributed by atoms with Gasteiger partial charge in [0, 0.05) is 31.1 Å². The lowest BCUT2D eigenvalue weighted by Gasteiger charge is -2.05. The number of anilines is 1. The van der Waals surface area contributed by atoms with E-state index in [1.165, 1.54) is 6.20 Å². The third kappa shape index (κ3) is 4.27. The van der Waals surface area contributed by atoms with Crippen LogP contribution >= 0.6 is 11.3 Å². The lowest BCUT2D eigenvalue weighted by Crippen LogP contribution is -2.26. The second kappa shape index (κ2) is 7.54. The Labute approximate surface area is 121 Å². The molecule has 0 saturated heterocycles. The molecule has 2 aromatic heterocycles. The molecule has 0 aliphatic heterocycles. The second-order valence-electron chi connectivity index (χ2n) is 4.15. The molecule has 1 amide bonds. The highest BCUT2D eigenvalue weighted by atomic mass is 32.1. The number of hydrogen-bond donors (Lipinski definition) is 2. The summed E-state index contributed by atoms with van der Waals surface area (Å²) in [5.74, 6) is 0.474. The Morgan fingerprint density at radius 2 is 2.15 bits per heavy atom. The van der Waals surface area contributed by atoms with Crippen molar-refractivity contribution in [2.24, 2.45) is 0 Å². The number of amides is 1. The molecule has 0 radical (unpaired) electrons. The van der Waals surface area contributed by atoms with Gasteiger partial charge in [-0.25, -0.2) is 15.0 Å². The molecule has 2 heterocycles. The number of thiazole rings is 1. The van der Waals surface area contributed by atoms with Crippen LogP contribution in [0.1, 0.15) is 28.8 Å². The van der Waals surface area contributed by atoms with Crippen LogP contribution in [0, 0.1) is 0 Å². The first kappa shape index (κ1) is 14.4. The van der Waals surface area contributed by atoms with Gasteiger partial charge in [0.15, 0.2) is 0 Å². The van der Waals surface area contributed by atoms with Gasteiger partial charge in [-0.05, 0) is 6.42 Å². The molecule has 2 rings (SSSR count). The summed E-state index contributed by atoms with van der Waals surface area (Å²) in [5.41, 5.74) is 0.325. The fourth-order valence-corrected chi connectivity index (χ4v) is 2.16. The van der Waals surface area contributed by atoms with Crippen LogP contribution in [0.3, 0.4) is 0 Å². The number of rotatable bonds is 7. The average molecular weight is 291 g/mol. The molecule has 0 saturated carbocycles. The first-order chi connectivity index (χ1) is 9.79. The van der Waals surface area contributed by atoms with Crippen LogP contribution in [0.15, 0.2) is 24.0 Å². The maximum absolute atomic E-state index is 11.8. The monoisotopic (exact) mass is 291 g/mol. The van der Waals surface area contributed by atoms with Gasteiger partial charge < -0.3 is 10.6 Å². The van der Waals surface area contributed by atoms with Gasteiger partial charge in [-0.3, -0.25) is 4.79 Å². The lowest BCUT2D eigenvalue weighted by atomic mass is 10.4. The average Bonchev–Trinajstić information content (AvgIpc) is 2.99. The quantitative estimate of drug-likeness (QED) is 0.812. The molecule has 6 nitrogen and oxygen atoms in total. The summed E-state index contributed by atoms with van der Waals surface area (Å²) in [6.45, 7) is 3.46. The van der Waals surface area contributed by atoms with Crippen LogP contribution in [0.4, 0.5) is 5.82 Å². The minimum Gasteiger partial charge on any atom is -0.369 e. The molecular weight excluding hydrogens is 274 g/mol. The van der Waals surface area contributed by atoms with Gasteiger partial charge in [-0.2, -0.15) is 0 Å². The van der Waals surface area contributed by atoms with Crippen molar-refractivity contribution >= 4 is 23.1 Å².